The molecule has 0 amide bonds. The van der Waals surface area contributed by atoms with E-state index in [4.69, 9.17) is 4.74 Å². The molecule has 0 aliphatic carbocycles. The van der Waals surface area contributed by atoms with Gasteiger partial charge < -0.3 is 20.3 Å². The summed E-state index contributed by atoms with van der Waals surface area (Å²) in [5, 5.41) is 6.57. The summed E-state index contributed by atoms with van der Waals surface area (Å²) >= 11 is 0. The molecule has 1 fully saturated rings. The highest BCUT2D eigenvalue weighted by molar-refractivity contribution is 5.59. The van der Waals surface area contributed by atoms with Crippen molar-refractivity contribution < 1.29 is 4.74 Å². The SMILES string of the molecule is Cc1ccc(Nc2nc(Nc3ccc(C)cc3)nc(N3CCOCC3)n2)cc1. The highest BCUT2D eigenvalue weighted by Gasteiger charge is 2.17. The summed E-state index contributed by atoms with van der Waals surface area (Å²) in [6, 6.07) is 16.3. The molecule has 1 aliphatic heterocycles. The van der Waals surface area contributed by atoms with E-state index in [2.05, 4.69) is 68.6 Å². The van der Waals surface area contributed by atoms with Gasteiger partial charge in [-0.3, -0.25) is 0 Å². The maximum atomic E-state index is 5.45. The molecule has 3 aromatic rings. The third-order valence-corrected chi connectivity index (χ3v) is 4.53. The van der Waals surface area contributed by atoms with E-state index in [-0.39, 0.29) is 0 Å². The summed E-state index contributed by atoms with van der Waals surface area (Å²) in [6.07, 6.45) is 0. The normalized spacial score (nSPS) is 14.0. The van der Waals surface area contributed by atoms with Crippen LogP contribution in [0.25, 0.3) is 0 Å². The molecule has 144 valence electrons. The van der Waals surface area contributed by atoms with Gasteiger partial charge in [-0.2, -0.15) is 15.0 Å². The molecule has 0 bridgehead atoms. The Morgan fingerprint density at radius 3 is 1.64 bits per heavy atom. The number of hydrogen-bond acceptors (Lipinski definition) is 7. The fraction of sp³-hybridized carbons (Fsp3) is 0.286. The fourth-order valence-corrected chi connectivity index (χ4v) is 2.91. The van der Waals surface area contributed by atoms with Crippen LogP contribution >= 0.6 is 0 Å². The maximum absolute atomic E-state index is 5.45. The number of ether oxygens (including phenoxy) is 1. The zero-order valence-electron chi connectivity index (χ0n) is 16.1. The topological polar surface area (TPSA) is 75.2 Å². The number of benzene rings is 2. The minimum atomic E-state index is 0.509. The van der Waals surface area contributed by atoms with Gasteiger partial charge in [-0.1, -0.05) is 35.4 Å². The first-order valence-corrected chi connectivity index (χ1v) is 9.42. The number of anilines is 5. The predicted octanol–water partition coefficient (Wildman–Crippen LogP) is 3.81. The molecule has 0 spiro atoms. The van der Waals surface area contributed by atoms with Crippen molar-refractivity contribution in [1.29, 1.82) is 0 Å². The maximum Gasteiger partial charge on any atom is 0.233 e. The second kappa shape index (κ2) is 8.22. The minimum Gasteiger partial charge on any atom is -0.378 e. The van der Waals surface area contributed by atoms with Crippen LogP contribution in [0, 0.1) is 13.8 Å². The molecule has 2 heterocycles. The lowest BCUT2D eigenvalue weighted by Crippen LogP contribution is -2.37. The first kappa shape index (κ1) is 18.2. The molecule has 0 saturated carbocycles. The zero-order valence-corrected chi connectivity index (χ0v) is 16.1. The lowest BCUT2D eigenvalue weighted by Gasteiger charge is -2.27. The third kappa shape index (κ3) is 4.55. The smallest absolute Gasteiger partial charge is 0.233 e. The van der Waals surface area contributed by atoms with Gasteiger partial charge in [-0.25, -0.2) is 0 Å². The van der Waals surface area contributed by atoms with Gasteiger partial charge in [0.05, 0.1) is 13.2 Å². The third-order valence-electron chi connectivity index (χ3n) is 4.53. The van der Waals surface area contributed by atoms with E-state index in [1.807, 2.05) is 24.3 Å². The van der Waals surface area contributed by atoms with Crippen molar-refractivity contribution >= 4 is 29.2 Å². The fourth-order valence-electron chi connectivity index (χ4n) is 2.91. The second-order valence-electron chi connectivity index (χ2n) is 6.86. The minimum absolute atomic E-state index is 0.509. The van der Waals surface area contributed by atoms with E-state index in [1.54, 1.807) is 0 Å². The summed E-state index contributed by atoms with van der Waals surface area (Å²) in [5.74, 6) is 1.66. The molecule has 28 heavy (non-hydrogen) atoms. The molecular weight excluding hydrogens is 352 g/mol. The molecule has 0 radical (unpaired) electrons. The van der Waals surface area contributed by atoms with Gasteiger partial charge in [0, 0.05) is 24.5 Å². The predicted molar refractivity (Wildman–Crippen MR) is 112 cm³/mol. The van der Waals surface area contributed by atoms with E-state index in [0.29, 0.717) is 31.1 Å². The second-order valence-corrected chi connectivity index (χ2v) is 6.86. The first-order valence-electron chi connectivity index (χ1n) is 9.42. The molecule has 2 aromatic carbocycles. The van der Waals surface area contributed by atoms with Gasteiger partial charge in [0.15, 0.2) is 0 Å². The van der Waals surface area contributed by atoms with Gasteiger partial charge in [-0.05, 0) is 38.1 Å². The van der Waals surface area contributed by atoms with Gasteiger partial charge >= 0.3 is 0 Å². The van der Waals surface area contributed by atoms with Crippen molar-refractivity contribution in [2.24, 2.45) is 0 Å². The van der Waals surface area contributed by atoms with Crippen molar-refractivity contribution in [1.82, 2.24) is 15.0 Å². The first-order chi connectivity index (χ1) is 13.7. The Morgan fingerprint density at radius 2 is 1.18 bits per heavy atom. The lowest BCUT2D eigenvalue weighted by atomic mass is 10.2. The van der Waals surface area contributed by atoms with Crippen LogP contribution in [0.2, 0.25) is 0 Å². The van der Waals surface area contributed by atoms with E-state index in [0.717, 1.165) is 24.5 Å². The van der Waals surface area contributed by atoms with Crippen molar-refractivity contribution in [3.63, 3.8) is 0 Å². The summed E-state index contributed by atoms with van der Waals surface area (Å²) in [5.41, 5.74) is 4.28. The van der Waals surface area contributed by atoms with E-state index >= 15 is 0 Å². The Labute approximate surface area is 164 Å². The van der Waals surface area contributed by atoms with Crippen LogP contribution in [-0.4, -0.2) is 41.3 Å². The van der Waals surface area contributed by atoms with Crippen molar-refractivity contribution in [2.75, 3.05) is 41.8 Å². The zero-order chi connectivity index (χ0) is 19.3. The number of aryl methyl sites for hydroxylation is 2. The standard InChI is InChI=1S/C21H24N6O/c1-15-3-7-17(8-4-15)22-19-24-20(23-18-9-5-16(2)6-10-18)26-21(25-19)27-11-13-28-14-12-27/h3-10H,11-14H2,1-2H3,(H2,22,23,24,25,26). The highest BCUT2D eigenvalue weighted by atomic mass is 16.5. The van der Waals surface area contributed by atoms with Crippen LogP contribution in [-0.2, 0) is 4.74 Å². The molecule has 7 heteroatoms. The van der Waals surface area contributed by atoms with E-state index in [1.165, 1.54) is 11.1 Å². The van der Waals surface area contributed by atoms with Crippen LogP contribution < -0.4 is 15.5 Å². The highest BCUT2D eigenvalue weighted by Crippen LogP contribution is 2.21. The van der Waals surface area contributed by atoms with Crippen LogP contribution in [0.1, 0.15) is 11.1 Å². The van der Waals surface area contributed by atoms with Crippen LogP contribution in [0.15, 0.2) is 48.5 Å². The van der Waals surface area contributed by atoms with E-state index in [9.17, 15) is 0 Å². The summed E-state index contributed by atoms with van der Waals surface area (Å²) < 4.78 is 5.45. The van der Waals surface area contributed by atoms with Crippen LogP contribution in [0.3, 0.4) is 0 Å². The Bertz CT molecular complexity index is 855. The number of nitrogens with one attached hydrogen (secondary N) is 2. The number of morpholine rings is 1. The molecule has 1 saturated heterocycles. The monoisotopic (exact) mass is 376 g/mol. The largest absolute Gasteiger partial charge is 0.378 e. The van der Waals surface area contributed by atoms with Crippen LogP contribution in [0.5, 0.6) is 0 Å². The van der Waals surface area contributed by atoms with Crippen molar-refractivity contribution in [3.8, 4) is 0 Å². The molecule has 1 aliphatic rings. The average molecular weight is 376 g/mol. The Balaban J connectivity index is 1.63. The van der Waals surface area contributed by atoms with Gasteiger partial charge in [0.25, 0.3) is 0 Å². The summed E-state index contributed by atoms with van der Waals surface area (Å²) in [4.78, 5) is 15.9. The molecule has 0 atom stereocenters. The Kier molecular flexibility index (Phi) is 5.34. The Morgan fingerprint density at radius 1 is 0.714 bits per heavy atom. The van der Waals surface area contributed by atoms with Crippen LogP contribution in [0.4, 0.5) is 29.2 Å². The average Bonchev–Trinajstić information content (AvgIpc) is 2.72. The molecule has 7 nitrogen and oxygen atoms in total. The molecule has 1 aromatic heterocycles. The number of aromatic nitrogens is 3. The quantitative estimate of drug-likeness (QED) is 0.701. The number of nitrogens with zero attached hydrogens (tertiary/aromatic N) is 4. The molecule has 2 N–H and O–H groups in total. The van der Waals surface area contributed by atoms with Gasteiger partial charge in [0.1, 0.15) is 0 Å². The Hall–Kier alpha value is -3.19. The number of hydrogen-bond donors (Lipinski definition) is 2. The number of rotatable bonds is 5. The molecular formula is C21H24N6O. The summed E-state index contributed by atoms with van der Waals surface area (Å²) in [6.45, 7) is 7.00. The molecule has 4 rings (SSSR count). The van der Waals surface area contributed by atoms with Crippen molar-refractivity contribution in [2.45, 2.75) is 13.8 Å². The van der Waals surface area contributed by atoms with E-state index < -0.39 is 0 Å². The van der Waals surface area contributed by atoms with Crippen molar-refractivity contribution in [3.05, 3.63) is 59.7 Å². The van der Waals surface area contributed by atoms with Gasteiger partial charge in [0.2, 0.25) is 17.8 Å². The lowest BCUT2D eigenvalue weighted by molar-refractivity contribution is 0.122. The molecule has 0 unspecified atom stereocenters. The van der Waals surface area contributed by atoms with Gasteiger partial charge in [-0.15, -0.1) is 0 Å². The summed E-state index contributed by atoms with van der Waals surface area (Å²) in [7, 11) is 0.